The monoisotopic (exact) mass is 556 g/mol. The number of ether oxygens (including phenoxy) is 2. The number of rotatable bonds is 7. The highest BCUT2D eigenvalue weighted by Crippen LogP contribution is 2.37. The summed E-state index contributed by atoms with van der Waals surface area (Å²) in [5, 5.41) is 9.97. The van der Waals surface area contributed by atoms with Crippen LogP contribution >= 0.6 is 15.9 Å². The maximum absolute atomic E-state index is 13.7. The predicted molar refractivity (Wildman–Crippen MR) is 137 cm³/mol. The van der Waals surface area contributed by atoms with Crippen LogP contribution in [0.3, 0.4) is 0 Å². The number of H-pyrrole nitrogens is 1. The van der Waals surface area contributed by atoms with Gasteiger partial charge < -0.3 is 30.4 Å². The summed E-state index contributed by atoms with van der Waals surface area (Å²) >= 11 is 3.48. The number of carbonyl (C=O) groups is 2. The van der Waals surface area contributed by atoms with Gasteiger partial charge in [-0.15, -0.1) is 0 Å². The molecule has 0 atom stereocenters. The van der Waals surface area contributed by atoms with Crippen molar-refractivity contribution in [3.8, 4) is 11.5 Å². The third-order valence-electron chi connectivity index (χ3n) is 6.57. The Morgan fingerprint density at radius 3 is 2.72 bits per heavy atom. The first-order chi connectivity index (χ1) is 17.4. The standard InChI is InChI=1S/C26H26BrFN4O4/c27-20-13-23-22(35-15-36-23)11-16(20)1-4-24(33)32-26(6-9-29-10-7-26)25(34)30-8-5-17-14-31-21-3-2-18(28)12-19(17)21/h1-4,11-14,29,31H,5-10,15H2,(H,30,34)(H,32,33)/b4-1+. The van der Waals surface area contributed by atoms with E-state index in [9.17, 15) is 14.0 Å². The van der Waals surface area contributed by atoms with E-state index in [-0.39, 0.29) is 24.4 Å². The lowest BCUT2D eigenvalue weighted by Crippen LogP contribution is -2.62. The number of hydrogen-bond acceptors (Lipinski definition) is 5. The van der Waals surface area contributed by atoms with E-state index in [1.165, 1.54) is 18.2 Å². The zero-order valence-corrected chi connectivity index (χ0v) is 21.0. The average molecular weight is 557 g/mol. The van der Waals surface area contributed by atoms with Gasteiger partial charge in [-0.2, -0.15) is 0 Å². The third-order valence-corrected chi connectivity index (χ3v) is 7.26. The van der Waals surface area contributed by atoms with Crippen molar-refractivity contribution in [3.05, 3.63) is 64.0 Å². The molecule has 0 aliphatic carbocycles. The van der Waals surface area contributed by atoms with Gasteiger partial charge in [-0.25, -0.2) is 4.39 Å². The molecular weight excluding hydrogens is 531 g/mol. The first-order valence-corrected chi connectivity index (χ1v) is 12.6. The van der Waals surface area contributed by atoms with Gasteiger partial charge in [0.25, 0.3) is 0 Å². The number of amides is 2. The fourth-order valence-corrected chi connectivity index (χ4v) is 5.06. The number of aromatic nitrogens is 1. The maximum atomic E-state index is 13.7. The Hall–Kier alpha value is -3.37. The largest absolute Gasteiger partial charge is 0.454 e. The number of halogens is 2. The Kier molecular flexibility index (Phi) is 6.97. The molecule has 0 saturated carbocycles. The molecule has 10 heteroatoms. The molecular formula is C26H26BrFN4O4. The molecule has 2 aliphatic heterocycles. The molecule has 3 heterocycles. The van der Waals surface area contributed by atoms with Gasteiger partial charge in [-0.1, -0.05) is 15.9 Å². The number of benzene rings is 2. The second-order valence-electron chi connectivity index (χ2n) is 8.89. The average Bonchev–Trinajstić information content (AvgIpc) is 3.49. The summed E-state index contributed by atoms with van der Waals surface area (Å²) in [6.07, 6.45) is 6.41. The van der Waals surface area contributed by atoms with E-state index in [2.05, 4.69) is 36.9 Å². The Balaban J connectivity index is 1.23. The van der Waals surface area contributed by atoms with Gasteiger partial charge in [-0.05, 0) is 79.9 Å². The van der Waals surface area contributed by atoms with Gasteiger partial charge in [0.15, 0.2) is 11.5 Å². The van der Waals surface area contributed by atoms with Crippen molar-refractivity contribution in [1.29, 1.82) is 0 Å². The molecule has 0 spiro atoms. The first-order valence-electron chi connectivity index (χ1n) is 11.8. The van der Waals surface area contributed by atoms with E-state index >= 15 is 0 Å². The first kappa shape index (κ1) is 24.3. The molecule has 1 saturated heterocycles. The molecule has 2 aliphatic rings. The minimum atomic E-state index is -1.01. The smallest absolute Gasteiger partial charge is 0.245 e. The molecule has 3 aromatic rings. The second-order valence-corrected chi connectivity index (χ2v) is 9.75. The molecule has 1 fully saturated rings. The molecule has 36 heavy (non-hydrogen) atoms. The van der Waals surface area contributed by atoms with Crippen LogP contribution in [0.2, 0.25) is 0 Å². The summed E-state index contributed by atoms with van der Waals surface area (Å²) in [6.45, 7) is 1.77. The summed E-state index contributed by atoms with van der Waals surface area (Å²) < 4.78 is 25.2. The number of nitrogens with one attached hydrogen (secondary N) is 4. The number of hydrogen-bond donors (Lipinski definition) is 4. The number of aromatic amines is 1. The van der Waals surface area contributed by atoms with Gasteiger partial charge in [0.2, 0.25) is 18.6 Å². The van der Waals surface area contributed by atoms with Crippen molar-refractivity contribution >= 4 is 44.7 Å². The van der Waals surface area contributed by atoms with Gasteiger partial charge in [-0.3, -0.25) is 9.59 Å². The van der Waals surface area contributed by atoms with Crippen LogP contribution in [0.1, 0.15) is 24.0 Å². The summed E-state index contributed by atoms with van der Waals surface area (Å²) in [5.74, 6) is 0.381. The topological polar surface area (TPSA) is 104 Å². The molecule has 188 valence electrons. The van der Waals surface area contributed by atoms with Crippen molar-refractivity contribution in [2.75, 3.05) is 26.4 Å². The number of carbonyl (C=O) groups excluding carboxylic acids is 2. The summed E-state index contributed by atoms with van der Waals surface area (Å²) in [5.41, 5.74) is 1.52. The van der Waals surface area contributed by atoms with Gasteiger partial charge in [0.1, 0.15) is 11.4 Å². The quantitative estimate of drug-likeness (QED) is 0.334. The lowest BCUT2D eigenvalue weighted by Gasteiger charge is -2.36. The second kappa shape index (κ2) is 10.3. The van der Waals surface area contributed by atoms with Crippen LogP contribution in [0.5, 0.6) is 11.5 Å². The molecule has 4 N–H and O–H groups in total. The lowest BCUT2D eigenvalue weighted by atomic mass is 9.87. The number of piperidine rings is 1. The van der Waals surface area contributed by atoms with Crippen LogP contribution in [0, 0.1) is 5.82 Å². The highest BCUT2D eigenvalue weighted by molar-refractivity contribution is 9.10. The Labute approximate surface area is 215 Å². The molecule has 5 rings (SSSR count). The number of fused-ring (bicyclic) bond motifs is 2. The minimum absolute atomic E-state index is 0.165. The fraction of sp³-hybridized carbons (Fsp3) is 0.308. The van der Waals surface area contributed by atoms with E-state index in [0.29, 0.717) is 50.4 Å². The van der Waals surface area contributed by atoms with Crippen LogP contribution in [0.25, 0.3) is 17.0 Å². The Morgan fingerprint density at radius 2 is 1.92 bits per heavy atom. The molecule has 0 bridgehead atoms. The zero-order chi connectivity index (χ0) is 25.1. The maximum Gasteiger partial charge on any atom is 0.245 e. The van der Waals surface area contributed by atoms with Gasteiger partial charge in [0.05, 0.1) is 0 Å². The highest BCUT2D eigenvalue weighted by atomic mass is 79.9. The van der Waals surface area contributed by atoms with E-state index in [1.807, 2.05) is 6.20 Å². The van der Waals surface area contributed by atoms with Crippen LogP contribution < -0.4 is 25.4 Å². The normalized spacial score (nSPS) is 16.4. The summed E-state index contributed by atoms with van der Waals surface area (Å²) in [4.78, 5) is 29.3. The predicted octanol–water partition coefficient (Wildman–Crippen LogP) is 3.41. The molecule has 8 nitrogen and oxygen atoms in total. The molecule has 2 aromatic carbocycles. The van der Waals surface area contributed by atoms with E-state index in [4.69, 9.17) is 9.47 Å². The zero-order valence-electron chi connectivity index (χ0n) is 19.5. The van der Waals surface area contributed by atoms with Gasteiger partial charge >= 0.3 is 0 Å². The molecule has 0 radical (unpaired) electrons. The Bertz CT molecular complexity index is 1330. The molecule has 1 aromatic heterocycles. The van der Waals surface area contributed by atoms with Crippen LogP contribution in [0.15, 0.2) is 47.1 Å². The van der Waals surface area contributed by atoms with E-state index in [1.54, 1.807) is 24.3 Å². The van der Waals surface area contributed by atoms with Crippen molar-refractivity contribution in [2.45, 2.75) is 24.8 Å². The van der Waals surface area contributed by atoms with Crippen molar-refractivity contribution in [2.24, 2.45) is 0 Å². The lowest BCUT2D eigenvalue weighted by molar-refractivity contribution is -0.133. The van der Waals surface area contributed by atoms with E-state index in [0.717, 1.165) is 26.5 Å². The highest BCUT2D eigenvalue weighted by Gasteiger charge is 2.40. The van der Waals surface area contributed by atoms with Crippen molar-refractivity contribution in [3.63, 3.8) is 0 Å². The third kappa shape index (κ3) is 5.10. The van der Waals surface area contributed by atoms with Crippen LogP contribution in [-0.4, -0.2) is 48.8 Å². The van der Waals surface area contributed by atoms with Crippen molar-refractivity contribution < 1.29 is 23.5 Å². The van der Waals surface area contributed by atoms with Crippen molar-refractivity contribution in [1.82, 2.24) is 20.9 Å². The SMILES string of the molecule is O=C(/C=C/c1cc2c(cc1Br)OCO2)NC1(C(=O)NCCc2c[nH]c3ccc(F)cc23)CCNCC1. The fourth-order valence-electron chi connectivity index (χ4n) is 4.60. The van der Waals surface area contributed by atoms with Gasteiger partial charge in [0, 0.05) is 34.2 Å². The van der Waals surface area contributed by atoms with Crippen LogP contribution in [0.4, 0.5) is 4.39 Å². The van der Waals surface area contributed by atoms with Crippen LogP contribution in [-0.2, 0) is 16.0 Å². The molecule has 0 unspecified atom stereocenters. The summed E-state index contributed by atoms with van der Waals surface area (Å²) in [7, 11) is 0. The molecule has 2 amide bonds. The minimum Gasteiger partial charge on any atom is -0.454 e. The Morgan fingerprint density at radius 1 is 1.14 bits per heavy atom. The summed E-state index contributed by atoms with van der Waals surface area (Å²) in [6, 6.07) is 8.18. The van der Waals surface area contributed by atoms with E-state index < -0.39 is 5.54 Å².